The molecule has 0 rings (SSSR count). The van der Waals surface area contributed by atoms with Crippen molar-refractivity contribution >= 4 is 19.5 Å². The maximum Gasteiger partial charge on any atom is 0.340 e. The molecule has 0 spiro atoms. The summed E-state index contributed by atoms with van der Waals surface area (Å²) in [6, 6.07) is 0. The fourth-order valence-corrected chi connectivity index (χ4v) is 2.66. The Labute approximate surface area is 110 Å². The van der Waals surface area contributed by atoms with E-state index < -0.39 is 38.0 Å². The third-order valence-electron chi connectivity index (χ3n) is 2.48. The Morgan fingerprint density at radius 2 is 1.53 bits per heavy atom. The normalized spacial score (nSPS) is 14.6. The maximum atomic E-state index is 13.5. The Kier molecular flexibility index (Phi) is 7.82. The Balaban J connectivity index is 4.88. The molecule has 112 valence electrons. The highest BCUT2D eigenvalue weighted by Crippen LogP contribution is 2.48. The van der Waals surface area contributed by atoms with Crippen molar-refractivity contribution in [2.24, 2.45) is 5.92 Å². The molecule has 0 heterocycles. The molecule has 0 aliphatic carbocycles. The van der Waals surface area contributed by atoms with Crippen LogP contribution in [0.3, 0.4) is 0 Å². The molecule has 19 heavy (non-hydrogen) atoms. The number of carbonyl (C=O) groups is 2. The van der Waals surface area contributed by atoms with E-state index in [1.165, 1.54) is 0 Å². The number of hydrogen-bond acceptors (Lipinski definition) is 7. The van der Waals surface area contributed by atoms with Crippen LogP contribution in [0.1, 0.15) is 6.42 Å². The molecule has 0 aromatic rings. The van der Waals surface area contributed by atoms with Crippen LogP contribution in [0.15, 0.2) is 0 Å². The van der Waals surface area contributed by atoms with Gasteiger partial charge in [-0.05, 0) is 0 Å². The molecule has 2 atom stereocenters. The smallest absolute Gasteiger partial charge is 0.340 e. The summed E-state index contributed by atoms with van der Waals surface area (Å²) in [5, 5.41) is 0. The molecule has 0 aromatic carbocycles. The lowest BCUT2D eigenvalue weighted by molar-refractivity contribution is -0.150. The molecule has 0 aliphatic heterocycles. The van der Waals surface area contributed by atoms with Gasteiger partial charge in [0.1, 0.15) is 0 Å². The number of carbonyl (C=O) groups excluding carboxylic acids is 2. The van der Waals surface area contributed by atoms with Crippen molar-refractivity contribution in [3.8, 4) is 0 Å². The molecule has 0 saturated heterocycles. The highest BCUT2D eigenvalue weighted by atomic mass is 31.2. The summed E-state index contributed by atoms with van der Waals surface area (Å²) < 4.78 is 43.4. The first-order valence-electron chi connectivity index (χ1n) is 5.33. The lowest BCUT2D eigenvalue weighted by atomic mass is 10.0. The molecular weight excluding hydrogens is 281 g/mol. The molecule has 0 aromatic heterocycles. The fourth-order valence-electron chi connectivity index (χ4n) is 1.38. The standard InChI is InChI=1S/C10H18FO7P/c1-15-9(12)7(5-8(11)10(13)16-2)6-19(14,17-3)18-4/h7-8H,5-6H2,1-4H3/t7-,8-/m0/s1/i11-1. The van der Waals surface area contributed by atoms with Gasteiger partial charge in [0.25, 0.3) is 0 Å². The van der Waals surface area contributed by atoms with Crippen molar-refractivity contribution in [2.75, 3.05) is 34.6 Å². The van der Waals surface area contributed by atoms with E-state index in [2.05, 4.69) is 18.5 Å². The second kappa shape index (κ2) is 8.24. The van der Waals surface area contributed by atoms with Gasteiger partial charge in [-0.2, -0.15) is 0 Å². The Morgan fingerprint density at radius 1 is 1.05 bits per heavy atom. The van der Waals surface area contributed by atoms with Crippen LogP contribution in [-0.2, 0) is 32.7 Å². The minimum absolute atomic E-state index is 0.385. The number of alkyl halides is 1. The summed E-state index contributed by atoms with van der Waals surface area (Å²) in [7, 11) is 0.898. The van der Waals surface area contributed by atoms with Crippen LogP contribution >= 0.6 is 7.60 Å². The van der Waals surface area contributed by atoms with E-state index in [1.54, 1.807) is 0 Å². The van der Waals surface area contributed by atoms with Crippen molar-refractivity contribution in [3.05, 3.63) is 0 Å². The number of ether oxygens (including phenoxy) is 2. The summed E-state index contributed by atoms with van der Waals surface area (Å²) in [5.41, 5.74) is 0. The number of hydrogen-bond donors (Lipinski definition) is 0. The Morgan fingerprint density at radius 3 is 1.89 bits per heavy atom. The number of esters is 2. The molecule has 0 bridgehead atoms. The largest absolute Gasteiger partial charge is 0.469 e. The van der Waals surface area contributed by atoms with E-state index in [0.717, 1.165) is 28.4 Å². The van der Waals surface area contributed by atoms with E-state index in [-0.39, 0.29) is 6.16 Å². The highest BCUT2D eigenvalue weighted by Gasteiger charge is 2.35. The first-order valence-corrected chi connectivity index (χ1v) is 7.06. The lowest BCUT2D eigenvalue weighted by Gasteiger charge is -2.20. The summed E-state index contributed by atoms with van der Waals surface area (Å²) in [6.45, 7) is 0. The molecule has 9 heteroatoms. The Bertz CT molecular complexity index is 352. The average molecular weight is 299 g/mol. The van der Waals surface area contributed by atoms with Crippen molar-refractivity contribution in [3.63, 3.8) is 0 Å². The van der Waals surface area contributed by atoms with Gasteiger partial charge in [-0.3, -0.25) is 9.36 Å². The molecule has 0 fully saturated rings. The minimum atomic E-state index is -3.52. The molecule has 0 N–H and O–H groups in total. The molecule has 0 radical (unpaired) electrons. The second-order valence-corrected chi connectivity index (χ2v) is 5.92. The SMILES string of the molecule is COC(=O)[C@@H](C[C@H]([18F])C(=O)OC)CP(=O)(OC)OC. The van der Waals surface area contributed by atoms with Crippen LogP contribution in [0.5, 0.6) is 0 Å². The van der Waals surface area contributed by atoms with Crippen LogP contribution in [0, 0.1) is 5.92 Å². The summed E-state index contributed by atoms with van der Waals surface area (Å²) >= 11 is 0. The molecule has 0 unspecified atom stereocenters. The molecule has 0 amide bonds. The Hall–Kier alpha value is -0.980. The van der Waals surface area contributed by atoms with E-state index in [9.17, 15) is 18.5 Å². The van der Waals surface area contributed by atoms with Gasteiger partial charge in [-0.15, -0.1) is 0 Å². The van der Waals surface area contributed by atoms with E-state index in [4.69, 9.17) is 0 Å². The zero-order valence-electron chi connectivity index (χ0n) is 11.3. The van der Waals surface area contributed by atoms with Gasteiger partial charge in [-0.1, -0.05) is 0 Å². The molecule has 0 saturated carbocycles. The van der Waals surface area contributed by atoms with Gasteiger partial charge in [0, 0.05) is 20.6 Å². The van der Waals surface area contributed by atoms with Gasteiger partial charge >= 0.3 is 19.5 Å². The summed E-state index contributed by atoms with van der Waals surface area (Å²) in [6.07, 6.45) is -2.92. The van der Waals surface area contributed by atoms with Gasteiger partial charge in [0.2, 0.25) is 0 Å². The quantitative estimate of drug-likeness (QED) is 0.491. The summed E-state index contributed by atoms with van der Waals surface area (Å²) in [5.74, 6) is -3.05. The van der Waals surface area contributed by atoms with Crippen molar-refractivity contribution in [1.29, 1.82) is 0 Å². The zero-order valence-corrected chi connectivity index (χ0v) is 12.1. The number of rotatable bonds is 8. The fraction of sp³-hybridized carbons (Fsp3) is 0.800. The van der Waals surface area contributed by atoms with Crippen LogP contribution in [0.4, 0.5) is 4.39 Å². The van der Waals surface area contributed by atoms with Gasteiger partial charge in [0.15, 0.2) is 6.17 Å². The van der Waals surface area contributed by atoms with Crippen molar-refractivity contribution < 1.29 is 37.1 Å². The summed E-state index contributed by atoms with van der Waals surface area (Å²) in [4.78, 5) is 22.5. The van der Waals surface area contributed by atoms with Crippen molar-refractivity contribution in [1.82, 2.24) is 0 Å². The highest BCUT2D eigenvalue weighted by molar-refractivity contribution is 7.53. The topological polar surface area (TPSA) is 88.1 Å². The monoisotopic (exact) mass is 299 g/mol. The van der Waals surface area contributed by atoms with Crippen LogP contribution in [0.25, 0.3) is 0 Å². The first-order chi connectivity index (χ1) is 8.83. The van der Waals surface area contributed by atoms with E-state index in [0.29, 0.717) is 0 Å². The van der Waals surface area contributed by atoms with Gasteiger partial charge in [-0.25, -0.2) is 9.18 Å². The molecule has 0 aliphatic rings. The van der Waals surface area contributed by atoms with Crippen LogP contribution < -0.4 is 0 Å². The van der Waals surface area contributed by atoms with Gasteiger partial charge in [0.05, 0.1) is 26.3 Å². The minimum Gasteiger partial charge on any atom is -0.469 e. The van der Waals surface area contributed by atoms with Crippen LogP contribution in [-0.4, -0.2) is 52.7 Å². The number of halogens is 1. The van der Waals surface area contributed by atoms with Crippen LogP contribution in [0.2, 0.25) is 0 Å². The zero-order chi connectivity index (χ0) is 15.1. The second-order valence-electron chi connectivity index (χ2n) is 3.61. The lowest BCUT2D eigenvalue weighted by Crippen LogP contribution is -2.28. The predicted octanol–water partition coefficient (Wildman–Crippen LogP) is 1.16. The van der Waals surface area contributed by atoms with E-state index >= 15 is 0 Å². The van der Waals surface area contributed by atoms with Crippen molar-refractivity contribution in [2.45, 2.75) is 12.6 Å². The third kappa shape index (κ3) is 5.67. The van der Waals surface area contributed by atoms with Gasteiger partial charge < -0.3 is 18.5 Å². The predicted molar refractivity (Wildman–Crippen MR) is 63.5 cm³/mol. The average Bonchev–Trinajstić information content (AvgIpc) is 2.44. The molecular formula is C10H18FO7P. The van der Waals surface area contributed by atoms with E-state index in [1.807, 2.05) is 0 Å². The maximum absolute atomic E-state index is 13.5. The molecule has 7 nitrogen and oxygen atoms in total. The number of methoxy groups -OCH3 is 2. The third-order valence-corrected chi connectivity index (χ3v) is 4.48. The first kappa shape index (κ1) is 18.0.